The van der Waals surface area contributed by atoms with Crippen LogP contribution in [-0.4, -0.2) is 25.9 Å². The van der Waals surface area contributed by atoms with Gasteiger partial charge in [0, 0.05) is 12.5 Å². The van der Waals surface area contributed by atoms with Gasteiger partial charge in [-0.1, -0.05) is 50.3 Å². The van der Waals surface area contributed by atoms with E-state index in [1.807, 2.05) is 6.07 Å². The van der Waals surface area contributed by atoms with E-state index >= 15 is 0 Å². The maximum atomic E-state index is 13.4. The summed E-state index contributed by atoms with van der Waals surface area (Å²) in [6.07, 6.45) is -3.05. The fourth-order valence-electron chi connectivity index (χ4n) is 2.14. The van der Waals surface area contributed by atoms with Crippen LogP contribution in [0.15, 0.2) is 43.0 Å². The maximum Gasteiger partial charge on any atom is 0.404 e. The minimum absolute atomic E-state index is 0.157. The highest BCUT2D eigenvalue weighted by Crippen LogP contribution is 2.36. The summed E-state index contributed by atoms with van der Waals surface area (Å²) in [6, 6.07) is 6.73. The molecule has 1 aromatic rings. The molecule has 118 valence electrons. The van der Waals surface area contributed by atoms with Crippen LogP contribution in [-0.2, 0) is 4.74 Å². The van der Waals surface area contributed by atoms with Gasteiger partial charge in [0.2, 0.25) is 0 Å². The second kappa shape index (κ2) is 7.09. The highest BCUT2D eigenvalue weighted by molar-refractivity contribution is 5.20. The number of nitrogens with one attached hydrogen (secondary N) is 1. The zero-order chi connectivity index (χ0) is 16.1. The highest BCUT2D eigenvalue weighted by atomic mass is 19.4. The second-order valence-corrected chi connectivity index (χ2v) is 5.59. The standard InChI is InChI=1S/C16H22F3NO/c1-5-15(2,3)14(16(17,18)19)20-13(11-21-4)12-9-7-6-8-10-12/h5-10,13-14,20H,1,11H2,2-4H3/t13-,14?/m0/s1. The number of methoxy groups -OCH3 is 1. The van der Waals surface area contributed by atoms with Crippen LogP contribution >= 0.6 is 0 Å². The van der Waals surface area contributed by atoms with Crippen LogP contribution in [0.1, 0.15) is 25.5 Å². The third-order valence-corrected chi connectivity index (χ3v) is 3.50. The summed E-state index contributed by atoms with van der Waals surface area (Å²) in [4.78, 5) is 0. The third kappa shape index (κ3) is 4.86. The Morgan fingerprint density at radius 2 is 1.81 bits per heavy atom. The van der Waals surface area contributed by atoms with Crippen LogP contribution in [0.4, 0.5) is 13.2 Å². The van der Waals surface area contributed by atoms with Crippen molar-refractivity contribution in [3.8, 4) is 0 Å². The molecule has 21 heavy (non-hydrogen) atoms. The molecular weight excluding hydrogens is 279 g/mol. The van der Waals surface area contributed by atoms with Crippen molar-refractivity contribution in [2.24, 2.45) is 5.41 Å². The molecule has 0 fully saturated rings. The Hall–Kier alpha value is -1.33. The minimum Gasteiger partial charge on any atom is -0.383 e. The first-order chi connectivity index (χ1) is 9.72. The van der Waals surface area contributed by atoms with E-state index in [4.69, 9.17) is 4.74 Å². The Morgan fingerprint density at radius 1 is 1.24 bits per heavy atom. The van der Waals surface area contributed by atoms with Gasteiger partial charge in [-0.05, 0) is 5.56 Å². The topological polar surface area (TPSA) is 21.3 Å². The number of ether oxygens (including phenoxy) is 1. The van der Waals surface area contributed by atoms with Crippen molar-refractivity contribution in [2.75, 3.05) is 13.7 Å². The first-order valence-corrected chi connectivity index (χ1v) is 6.72. The van der Waals surface area contributed by atoms with Crippen LogP contribution in [0.5, 0.6) is 0 Å². The van der Waals surface area contributed by atoms with E-state index in [0.717, 1.165) is 5.56 Å². The van der Waals surface area contributed by atoms with Crippen molar-refractivity contribution in [3.63, 3.8) is 0 Å². The predicted octanol–water partition coefficient (Wildman–Crippen LogP) is 4.11. The predicted molar refractivity (Wildman–Crippen MR) is 78.0 cm³/mol. The summed E-state index contributed by atoms with van der Waals surface area (Å²) in [6.45, 7) is 6.71. The van der Waals surface area contributed by atoms with Gasteiger partial charge in [0.25, 0.3) is 0 Å². The van der Waals surface area contributed by atoms with Gasteiger partial charge < -0.3 is 4.74 Å². The zero-order valence-corrected chi connectivity index (χ0v) is 12.6. The lowest BCUT2D eigenvalue weighted by Gasteiger charge is -2.36. The molecule has 1 unspecified atom stereocenters. The number of halogens is 3. The fraction of sp³-hybridized carbons (Fsp3) is 0.500. The summed E-state index contributed by atoms with van der Waals surface area (Å²) in [5.41, 5.74) is -0.368. The molecule has 0 saturated carbocycles. The number of rotatable bonds is 7. The third-order valence-electron chi connectivity index (χ3n) is 3.50. The molecule has 0 aliphatic rings. The summed E-state index contributed by atoms with van der Waals surface area (Å²) in [5, 5.41) is 2.68. The van der Waals surface area contributed by atoms with Gasteiger partial charge in [0.15, 0.2) is 0 Å². The quantitative estimate of drug-likeness (QED) is 0.765. The first kappa shape index (κ1) is 17.7. The largest absolute Gasteiger partial charge is 0.404 e. The molecule has 0 bridgehead atoms. The Kier molecular flexibility index (Phi) is 5.98. The first-order valence-electron chi connectivity index (χ1n) is 6.72. The lowest BCUT2D eigenvalue weighted by Crippen LogP contribution is -2.53. The van der Waals surface area contributed by atoms with Gasteiger partial charge in [-0.2, -0.15) is 13.2 Å². The summed E-state index contributed by atoms with van der Waals surface area (Å²) >= 11 is 0. The SMILES string of the molecule is C=CC(C)(C)C(N[C@@H](COC)c1ccccc1)C(F)(F)F. The molecule has 0 spiro atoms. The number of hydrogen-bond donors (Lipinski definition) is 1. The van der Waals surface area contributed by atoms with Gasteiger partial charge >= 0.3 is 6.18 Å². The fourth-order valence-corrected chi connectivity index (χ4v) is 2.14. The summed E-state index contributed by atoms with van der Waals surface area (Å²) in [7, 11) is 1.47. The second-order valence-electron chi connectivity index (χ2n) is 5.59. The molecule has 5 heteroatoms. The number of alkyl halides is 3. The van der Waals surface area contributed by atoms with Gasteiger partial charge in [0.05, 0.1) is 12.6 Å². The van der Waals surface area contributed by atoms with E-state index in [1.54, 1.807) is 24.3 Å². The van der Waals surface area contributed by atoms with Gasteiger partial charge in [-0.25, -0.2) is 0 Å². The molecule has 0 aliphatic carbocycles. The molecule has 1 rings (SSSR count). The smallest absolute Gasteiger partial charge is 0.383 e. The van der Waals surface area contributed by atoms with E-state index < -0.39 is 23.7 Å². The average molecular weight is 301 g/mol. The normalized spacial score (nSPS) is 15.5. The Balaban J connectivity index is 3.06. The van der Waals surface area contributed by atoms with E-state index in [9.17, 15) is 13.2 Å². The van der Waals surface area contributed by atoms with Crippen molar-refractivity contribution in [3.05, 3.63) is 48.6 Å². The van der Waals surface area contributed by atoms with Crippen molar-refractivity contribution in [1.82, 2.24) is 5.32 Å². The van der Waals surface area contributed by atoms with Crippen LogP contribution in [0.3, 0.4) is 0 Å². The van der Waals surface area contributed by atoms with Crippen LogP contribution in [0, 0.1) is 5.41 Å². The zero-order valence-electron chi connectivity index (χ0n) is 12.6. The molecule has 0 amide bonds. The molecule has 1 aromatic carbocycles. The minimum atomic E-state index is -4.38. The monoisotopic (exact) mass is 301 g/mol. The van der Waals surface area contributed by atoms with Crippen LogP contribution in [0.2, 0.25) is 0 Å². The van der Waals surface area contributed by atoms with Crippen molar-refractivity contribution < 1.29 is 17.9 Å². The Labute approximate surface area is 124 Å². The van der Waals surface area contributed by atoms with E-state index in [-0.39, 0.29) is 6.61 Å². The maximum absolute atomic E-state index is 13.4. The average Bonchev–Trinajstić information content (AvgIpc) is 2.42. The van der Waals surface area contributed by atoms with Crippen LogP contribution in [0.25, 0.3) is 0 Å². The van der Waals surface area contributed by atoms with Crippen molar-refractivity contribution >= 4 is 0 Å². The van der Waals surface area contributed by atoms with E-state index in [0.29, 0.717) is 0 Å². The van der Waals surface area contributed by atoms with E-state index in [2.05, 4.69) is 11.9 Å². The molecule has 0 aliphatic heterocycles. The molecule has 0 aromatic heterocycles. The highest BCUT2D eigenvalue weighted by Gasteiger charge is 2.48. The van der Waals surface area contributed by atoms with Crippen LogP contribution < -0.4 is 5.32 Å². The Morgan fingerprint density at radius 3 is 2.24 bits per heavy atom. The van der Waals surface area contributed by atoms with Crippen molar-refractivity contribution in [2.45, 2.75) is 32.1 Å². The molecule has 0 radical (unpaired) electrons. The molecule has 2 atom stereocenters. The molecule has 0 saturated heterocycles. The van der Waals surface area contributed by atoms with Gasteiger partial charge in [-0.3, -0.25) is 5.32 Å². The lowest BCUT2D eigenvalue weighted by atomic mass is 9.83. The molecule has 2 nitrogen and oxygen atoms in total. The van der Waals surface area contributed by atoms with E-state index in [1.165, 1.54) is 27.0 Å². The van der Waals surface area contributed by atoms with Gasteiger partial charge in [-0.15, -0.1) is 6.58 Å². The van der Waals surface area contributed by atoms with Gasteiger partial charge in [0.1, 0.15) is 6.04 Å². The molecule has 1 N–H and O–H groups in total. The molecular formula is C16H22F3NO. The summed E-state index contributed by atoms with van der Waals surface area (Å²) < 4.78 is 45.2. The Bertz CT molecular complexity index is 443. The summed E-state index contributed by atoms with van der Waals surface area (Å²) in [5.74, 6) is 0. The van der Waals surface area contributed by atoms with Crippen molar-refractivity contribution in [1.29, 1.82) is 0 Å². The number of hydrogen-bond acceptors (Lipinski definition) is 2. The lowest BCUT2D eigenvalue weighted by molar-refractivity contribution is -0.177. The number of benzene rings is 1. The molecule has 0 heterocycles.